The zero-order valence-electron chi connectivity index (χ0n) is 11.2. The van der Waals surface area contributed by atoms with Crippen molar-refractivity contribution < 1.29 is 9.59 Å². The van der Waals surface area contributed by atoms with Gasteiger partial charge in [-0.15, -0.1) is 0 Å². The van der Waals surface area contributed by atoms with E-state index >= 15 is 0 Å². The van der Waals surface area contributed by atoms with Crippen molar-refractivity contribution in [1.29, 1.82) is 0 Å². The number of carbonyl (C=O) groups is 2. The van der Waals surface area contributed by atoms with Crippen LogP contribution in [0.4, 0.5) is 10.5 Å². The highest BCUT2D eigenvalue weighted by Crippen LogP contribution is 2.18. The van der Waals surface area contributed by atoms with Crippen molar-refractivity contribution >= 4 is 17.6 Å². The van der Waals surface area contributed by atoms with Gasteiger partial charge in [0.25, 0.3) is 0 Å². The Bertz CT molecular complexity index is 495. The minimum atomic E-state index is -0.279. The van der Waals surface area contributed by atoms with Crippen molar-refractivity contribution in [3.05, 3.63) is 29.3 Å². The fraction of sp³-hybridized carbons (Fsp3) is 0.429. The number of rotatable bonds is 4. The Morgan fingerprint density at radius 2 is 2.00 bits per heavy atom. The van der Waals surface area contributed by atoms with Crippen LogP contribution in [0, 0.1) is 13.8 Å². The van der Waals surface area contributed by atoms with Gasteiger partial charge < -0.3 is 16.0 Å². The van der Waals surface area contributed by atoms with Crippen LogP contribution in [0.15, 0.2) is 18.2 Å². The first kappa shape index (κ1) is 13.4. The standard InChI is InChI=1S/C14H19N3O2/c1-9-3-6-12(10(2)7-9)17-13(18)8-15-14(19)16-11-4-5-11/h3,6-7,11H,4-5,8H2,1-2H3,(H,17,18)(H2,15,16,19). The van der Waals surface area contributed by atoms with Crippen LogP contribution >= 0.6 is 0 Å². The van der Waals surface area contributed by atoms with Gasteiger partial charge in [0.1, 0.15) is 0 Å². The van der Waals surface area contributed by atoms with E-state index in [0.717, 1.165) is 29.7 Å². The van der Waals surface area contributed by atoms with Gasteiger partial charge in [0, 0.05) is 11.7 Å². The molecule has 0 unspecified atom stereocenters. The number of urea groups is 1. The molecule has 0 spiro atoms. The number of amides is 3. The molecule has 3 amide bonds. The summed E-state index contributed by atoms with van der Waals surface area (Å²) in [6.45, 7) is 3.92. The number of anilines is 1. The average molecular weight is 261 g/mol. The number of carbonyl (C=O) groups excluding carboxylic acids is 2. The predicted molar refractivity (Wildman–Crippen MR) is 74.1 cm³/mol. The Kier molecular flexibility index (Phi) is 4.04. The molecular weight excluding hydrogens is 242 g/mol. The molecule has 0 atom stereocenters. The molecule has 0 saturated heterocycles. The van der Waals surface area contributed by atoms with Gasteiger partial charge in [0.15, 0.2) is 0 Å². The van der Waals surface area contributed by atoms with Crippen molar-refractivity contribution in [3.8, 4) is 0 Å². The van der Waals surface area contributed by atoms with Crippen molar-refractivity contribution in [2.45, 2.75) is 32.7 Å². The summed E-state index contributed by atoms with van der Waals surface area (Å²) < 4.78 is 0. The maximum atomic E-state index is 11.7. The molecule has 0 radical (unpaired) electrons. The van der Waals surface area contributed by atoms with Gasteiger partial charge in [-0.05, 0) is 38.3 Å². The van der Waals surface area contributed by atoms with E-state index in [4.69, 9.17) is 0 Å². The van der Waals surface area contributed by atoms with E-state index in [-0.39, 0.29) is 18.5 Å². The Hall–Kier alpha value is -2.04. The van der Waals surface area contributed by atoms with Gasteiger partial charge in [0.05, 0.1) is 6.54 Å². The summed E-state index contributed by atoms with van der Waals surface area (Å²) in [5.41, 5.74) is 2.94. The summed E-state index contributed by atoms with van der Waals surface area (Å²) in [5.74, 6) is -0.224. The van der Waals surface area contributed by atoms with Crippen LogP contribution in [0.25, 0.3) is 0 Å². The Labute approximate surface area is 112 Å². The van der Waals surface area contributed by atoms with Crippen LogP contribution in [0.1, 0.15) is 24.0 Å². The molecule has 1 saturated carbocycles. The topological polar surface area (TPSA) is 70.2 Å². The second-order valence-electron chi connectivity index (χ2n) is 4.97. The van der Waals surface area contributed by atoms with E-state index in [1.54, 1.807) is 0 Å². The highest BCUT2D eigenvalue weighted by atomic mass is 16.2. The van der Waals surface area contributed by atoms with Crippen molar-refractivity contribution in [2.75, 3.05) is 11.9 Å². The van der Waals surface area contributed by atoms with Gasteiger partial charge in [0.2, 0.25) is 5.91 Å². The Morgan fingerprint density at radius 1 is 1.26 bits per heavy atom. The lowest BCUT2D eigenvalue weighted by Crippen LogP contribution is -2.40. The molecule has 1 aliphatic rings. The third-order valence-corrected chi connectivity index (χ3v) is 2.98. The smallest absolute Gasteiger partial charge is 0.315 e. The zero-order chi connectivity index (χ0) is 13.8. The molecule has 0 aliphatic heterocycles. The van der Waals surface area contributed by atoms with Crippen LogP contribution in [0.5, 0.6) is 0 Å². The Morgan fingerprint density at radius 3 is 2.63 bits per heavy atom. The van der Waals surface area contributed by atoms with E-state index in [1.165, 1.54) is 0 Å². The first-order chi connectivity index (χ1) is 9.04. The summed E-state index contributed by atoms with van der Waals surface area (Å²) in [4.78, 5) is 23.1. The minimum absolute atomic E-state index is 0.0220. The van der Waals surface area contributed by atoms with Crippen LogP contribution in [0.2, 0.25) is 0 Å². The fourth-order valence-corrected chi connectivity index (χ4v) is 1.77. The van der Waals surface area contributed by atoms with Gasteiger partial charge in [-0.2, -0.15) is 0 Å². The van der Waals surface area contributed by atoms with Gasteiger partial charge in [-0.3, -0.25) is 4.79 Å². The number of hydrogen-bond acceptors (Lipinski definition) is 2. The van der Waals surface area contributed by atoms with Crippen molar-refractivity contribution in [1.82, 2.24) is 10.6 Å². The fourth-order valence-electron chi connectivity index (χ4n) is 1.77. The summed E-state index contributed by atoms with van der Waals surface area (Å²) in [7, 11) is 0. The zero-order valence-corrected chi connectivity index (χ0v) is 11.2. The molecule has 3 N–H and O–H groups in total. The van der Waals surface area contributed by atoms with E-state index in [0.29, 0.717) is 6.04 Å². The van der Waals surface area contributed by atoms with E-state index in [2.05, 4.69) is 16.0 Å². The third kappa shape index (κ3) is 4.28. The molecule has 0 heterocycles. The molecule has 1 fully saturated rings. The second kappa shape index (κ2) is 5.73. The van der Waals surface area contributed by atoms with E-state index < -0.39 is 0 Å². The summed E-state index contributed by atoms with van der Waals surface area (Å²) >= 11 is 0. The third-order valence-electron chi connectivity index (χ3n) is 2.98. The molecule has 5 nitrogen and oxygen atoms in total. The first-order valence-electron chi connectivity index (χ1n) is 6.46. The average Bonchev–Trinajstić information content (AvgIpc) is 3.14. The lowest BCUT2D eigenvalue weighted by molar-refractivity contribution is -0.115. The van der Waals surface area contributed by atoms with Crippen LogP contribution in [-0.4, -0.2) is 24.5 Å². The number of benzene rings is 1. The lowest BCUT2D eigenvalue weighted by Gasteiger charge is -2.10. The number of nitrogens with one attached hydrogen (secondary N) is 3. The quantitative estimate of drug-likeness (QED) is 0.772. The Balaban J connectivity index is 1.78. The molecular formula is C14H19N3O2. The van der Waals surface area contributed by atoms with Gasteiger partial charge >= 0.3 is 6.03 Å². The monoisotopic (exact) mass is 261 g/mol. The summed E-state index contributed by atoms with van der Waals surface area (Å²) in [6.07, 6.45) is 2.06. The first-order valence-corrected chi connectivity index (χ1v) is 6.46. The number of hydrogen-bond donors (Lipinski definition) is 3. The maximum absolute atomic E-state index is 11.7. The molecule has 5 heteroatoms. The van der Waals surface area contributed by atoms with Crippen LogP contribution in [-0.2, 0) is 4.79 Å². The molecule has 2 rings (SSSR count). The highest BCUT2D eigenvalue weighted by Gasteiger charge is 2.23. The molecule has 0 aromatic heterocycles. The highest BCUT2D eigenvalue weighted by molar-refractivity contribution is 5.94. The van der Waals surface area contributed by atoms with Gasteiger partial charge in [-0.1, -0.05) is 17.7 Å². The summed E-state index contributed by atoms with van der Waals surface area (Å²) in [6, 6.07) is 5.83. The summed E-state index contributed by atoms with van der Waals surface area (Å²) in [5, 5.41) is 8.08. The maximum Gasteiger partial charge on any atom is 0.315 e. The SMILES string of the molecule is Cc1ccc(NC(=O)CNC(=O)NC2CC2)c(C)c1. The largest absolute Gasteiger partial charge is 0.335 e. The van der Waals surface area contributed by atoms with E-state index in [9.17, 15) is 9.59 Å². The van der Waals surface area contributed by atoms with Crippen molar-refractivity contribution in [3.63, 3.8) is 0 Å². The molecule has 1 aromatic carbocycles. The second-order valence-corrected chi connectivity index (χ2v) is 4.97. The van der Waals surface area contributed by atoms with Gasteiger partial charge in [-0.25, -0.2) is 4.79 Å². The normalized spacial score (nSPS) is 13.8. The predicted octanol–water partition coefficient (Wildman–Crippen LogP) is 1.70. The molecule has 0 bridgehead atoms. The molecule has 1 aromatic rings. The minimum Gasteiger partial charge on any atom is -0.335 e. The van der Waals surface area contributed by atoms with Crippen LogP contribution < -0.4 is 16.0 Å². The number of aryl methyl sites for hydroxylation is 2. The van der Waals surface area contributed by atoms with Crippen LogP contribution in [0.3, 0.4) is 0 Å². The molecule has 1 aliphatic carbocycles. The van der Waals surface area contributed by atoms with E-state index in [1.807, 2.05) is 32.0 Å². The molecule has 102 valence electrons. The van der Waals surface area contributed by atoms with Crippen molar-refractivity contribution in [2.24, 2.45) is 0 Å². The molecule has 19 heavy (non-hydrogen) atoms. The lowest BCUT2D eigenvalue weighted by atomic mass is 10.1.